The Balaban J connectivity index is 0.00000169. The predicted octanol–water partition coefficient (Wildman–Crippen LogP) is 2.00. The van der Waals surface area contributed by atoms with Crippen molar-refractivity contribution in [3.05, 3.63) is 28.5 Å². The maximum absolute atomic E-state index is 5.95. The van der Waals surface area contributed by atoms with Crippen LogP contribution >= 0.6 is 28.3 Å². The standard InChI is InChI=1S/C9H14BrN3.ClH/c10-9-6-7(3-5-13-9)8(12)2-1-4-11;/h3,5-6,8H,1-2,4,11-12H2;1H/t8-;/m0./s1. The molecular weight excluding hydrogens is 265 g/mol. The highest BCUT2D eigenvalue weighted by Crippen LogP contribution is 2.17. The molecule has 80 valence electrons. The first-order valence-electron chi connectivity index (χ1n) is 4.31. The van der Waals surface area contributed by atoms with Gasteiger partial charge in [-0.1, -0.05) is 0 Å². The molecule has 3 nitrogen and oxygen atoms in total. The van der Waals surface area contributed by atoms with Crippen molar-refractivity contribution in [3.63, 3.8) is 0 Å². The molecule has 0 aliphatic carbocycles. The van der Waals surface area contributed by atoms with Gasteiger partial charge in [0.25, 0.3) is 0 Å². The van der Waals surface area contributed by atoms with Crippen LogP contribution in [0.4, 0.5) is 0 Å². The first kappa shape index (κ1) is 13.8. The van der Waals surface area contributed by atoms with Crippen molar-refractivity contribution >= 4 is 28.3 Å². The largest absolute Gasteiger partial charge is 0.330 e. The van der Waals surface area contributed by atoms with E-state index in [0.29, 0.717) is 6.54 Å². The van der Waals surface area contributed by atoms with Gasteiger partial charge in [-0.25, -0.2) is 4.98 Å². The number of aromatic nitrogens is 1. The van der Waals surface area contributed by atoms with E-state index in [0.717, 1.165) is 23.0 Å². The maximum Gasteiger partial charge on any atom is 0.106 e. The Labute approximate surface area is 98.8 Å². The lowest BCUT2D eigenvalue weighted by Gasteiger charge is -2.10. The van der Waals surface area contributed by atoms with E-state index >= 15 is 0 Å². The summed E-state index contributed by atoms with van der Waals surface area (Å²) in [5.74, 6) is 0. The van der Waals surface area contributed by atoms with Gasteiger partial charge in [0.1, 0.15) is 4.60 Å². The van der Waals surface area contributed by atoms with Crippen LogP contribution < -0.4 is 11.5 Å². The third-order valence-corrected chi connectivity index (χ3v) is 2.33. The van der Waals surface area contributed by atoms with Crippen molar-refractivity contribution in [1.29, 1.82) is 0 Å². The zero-order valence-corrected chi connectivity index (χ0v) is 10.2. The molecule has 0 fully saturated rings. The highest BCUT2D eigenvalue weighted by Gasteiger charge is 2.05. The second-order valence-electron chi connectivity index (χ2n) is 2.95. The lowest BCUT2D eigenvalue weighted by atomic mass is 10.0. The summed E-state index contributed by atoms with van der Waals surface area (Å²) in [5.41, 5.74) is 12.5. The lowest BCUT2D eigenvalue weighted by Crippen LogP contribution is -2.12. The normalized spacial score (nSPS) is 11.9. The second kappa shape index (κ2) is 7.17. The third kappa shape index (κ3) is 4.37. The van der Waals surface area contributed by atoms with E-state index in [1.165, 1.54) is 0 Å². The fraction of sp³-hybridized carbons (Fsp3) is 0.444. The van der Waals surface area contributed by atoms with Crippen LogP contribution in [-0.2, 0) is 0 Å². The molecule has 0 aromatic carbocycles. The van der Waals surface area contributed by atoms with E-state index in [1.807, 2.05) is 12.1 Å². The Morgan fingerprint density at radius 1 is 1.50 bits per heavy atom. The molecule has 0 radical (unpaired) electrons. The SMILES string of the molecule is Cl.NCCC[C@H](N)c1ccnc(Br)c1. The minimum atomic E-state index is 0. The summed E-state index contributed by atoms with van der Waals surface area (Å²) >= 11 is 3.31. The van der Waals surface area contributed by atoms with E-state index < -0.39 is 0 Å². The number of rotatable bonds is 4. The van der Waals surface area contributed by atoms with E-state index in [1.54, 1.807) is 6.20 Å². The van der Waals surface area contributed by atoms with Gasteiger partial charge in [0.05, 0.1) is 0 Å². The van der Waals surface area contributed by atoms with Crippen molar-refractivity contribution in [3.8, 4) is 0 Å². The van der Waals surface area contributed by atoms with Gasteiger partial charge in [-0.15, -0.1) is 12.4 Å². The molecule has 0 saturated carbocycles. The molecule has 1 heterocycles. The van der Waals surface area contributed by atoms with Gasteiger partial charge in [-0.3, -0.25) is 0 Å². The number of pyridine rings is 1. The number of halogens is 2. The molecule has 0 amide bonds. The molecule has 1 aromatic rings. The van der Waals surface area contributed by atoms with Gasteiger partial charge in [-0.05, 0) is 53.0 Å². The fourth-order valence-electron chi connectivity index (χ4n) is 1.15. The van der Waals surface area contributed by atoms with Gasteiger partial charge in [0.15, 0.2) is 0 Å². The average molecular weight is 281 g/mol. The van der Waals surface area contributed by atoms with Crippen molar-refractivity contribution in [2.75, 3.05) is 6.54 Å². The van der Waals surface area contributed by atoms with Gasteiger partial charge in [0.2, 0.25) is 0 Å². The first-order chi connectivity index (χ1) is 6.24. The average Bonchev–Trinajstić information content (AvgIpc) is 2.14. The zero-order chi connectivity index (χ0) is 9.68. The summed E-state index contributed by atoms with van der Waals surface area (Å²) in [6, 6.07) is 3.95. The lowest BCUT2D eigenvalue weighted by molar-refractivity contribution is 0.617. The highest BCUT2D eigenvalue weighted by molar-refractivity contribution is 9.10. The molecule has 4 N–H and O–H groups in total. The second-order valence-corrected chi connectivity index (χ2v) is 3.76. The van der Waals surface area contributed by atoms with Crippen LogP contribution in [0.25, 0.3) is 0 Å². The van der Waals surface area contributed by atoms with Gasteiger partial charge < -0.3 is 11.5 Å². The molecule has 0 aliphatic heterocycles. The minimum Gasteiger partial charge on any atom is -0.330 e. The van der Waals surface area contributed by atoms with Crippen molar-refractivity contribution < 1.29 is 0 Å². The van der Waals surface area contributed by atoms with Crippen LogP contribution in [0, 0.1) is 0 Å². The molecule has 0 saturated heterocycles. The summed E-state index contributed by atoms with van der Waals surface area (Å²) < 4.78 is 0.827. The molecule has 1 aromatic heterocycles. The molecule has 1 rings (SSSR count). The van der Waals surface area contributed by atoms with E-state index in [2.05, 4.69) is 20.9 Å². The van der Waals surface area contributed by atoms with Crippen LogP contribution in [0.5, 0.6) is 0 Å². The van der Waals surface area contributed by atoms with Gasteiger partial charge in [-0.2, -0.15) is 0 Å². The molecule has 14 heavy (non-hydrogen) atoms. The smallest absolute Gasteiger partial charge is 0.106 e. The van der Waals surface area contributed by atoms with Crippen molar-refractivity contribution in [2.45, 2.75) is 18.9 Å². The van der Waals surface area contributed by atoms with Crippen LogP contribution in [0.1, 0.15) is 24.4 Å². The Kier molecular flexibility index (Phi) is 7.09. The number of nitrogens with zero attached hydrogens (tertiary/aromatic N) is 1. The Morgan fingerprint density at radius 3 is 2.79 bits per heavy atom. The highest BCUT2D eigenvalue weighted by atomic mass is 79.9. The summed E-state index contributed by atoms with van der Waals surface area (Å²) in [6.07, 6.45) is 3.63. The van der Waals surface area contributed by atoms with Gasteiger partial charge in [0, 0.05) is 12.2 Å². The van der Waals surface area contributed by atoms with Crippen LogP contribution in [0.2, 0.25) is 0 Å². The zero-order valence-electron chi connectivity index (χ0n) is 7.82. The fourth-order valence-corrected chi connectivity index (χ4v) is 1.54. The quantitative estimate of drug-likeness (QED) is 0.829. The molecule has 0 unspecified atom stereocenters. The summed E-state index contributed by atoms with van der Waals surface area (Å²) in [7, 11) is 0. The predicted molar refractivity (Wildman–Crippen MR) is 64.4 cm³/mol. The maximum atomic E-state index is 5.95. The van der Waals surface area contributed by atoms with E-state index in [4.69, 9.17) is 11.5 Å². The van der Waals surface area contributed by atoms with Gasteiger partial charge >= 0.3 is 0 Å². The molecule has 5 heteroatoms. The monoisotopic (exact) mass is 279 g/mol. The van der Waals surface area contributed by atoms with Crippen LogP contribution in [0.3, 0.4) is 0 Å². The summed E-state index contributed by atoms with van der Waals surface area (Å²) in [6.45, 7) is 0.694. The van der Waals surface area contributed by atoms with Crippen molar-refractivity contribution in [1.82, 2.24) is 4.98 Å². The molecule has 1 atom stereocenters. The first-order valence-corrected chi connectivity index (χ1v) is 5.10. The summed E-state index contributed by atoms with van der Waals surface area (Å²) in [4.78, 5) is 4.04. The topological polar surface area (TPSA) is 64.9 Å². The van der Waals surface area contributed by atoms with Crippen LogP contribution in [0.15, 0.2) is 22.9 Å². The Bertz CT molecular complexity index is 270. The van der Waals surface area contributed by atoms with Crippen LogP contribution in [-0.4, -0.2) is 11.5 Å². The number of hydrogen-bond donors (Lipinski definition) is 2. The molecule has 0 bridgehead atoms. The third-order valence-electron chi connectivity index (χ3n) is 1.90. The molecule has 0 aliphatic rings. The van der Waals surface area contributed by atoms with E-state index in [9.17, 15) is 0 Å². The Hall–Kier alpha value is -0.160. The van der Waals surface area contributed by atoms with E-state index in [-0.39, 0.29) is 18.4 Å². The van der Waals surface area contributed by atoms with Crippen molar-refractivity contribution in [2.24, 2.45) is 11.5 Å². The minimum absolute atomic E-state index is 0. The Morgan fingerprint density at radius 2 is 2.21 bits per heavy atom. The number of nitrogens with two attached hydrogens (primary N) is 2. The molecular formula is C9H15BrClN3. The molecule has 0 spiro atoms. The number of hydrogen-bond acceptors (Lipinski definition) is 3. The summed E-state index contributed by atoms with van der Waals surface area (Å²) in [5, 5.41) is 0.